The Morgan fingerprint density at radius 2 is 2.10 bits per heavy atom. The lowest BCUT2D eigenvalue weighted by Gasteiger charge is -2.13. The lowest BCUT2D eigenvalue weighted by molar-refractivity contribution is 0.199. The average Bonchev–Trinajstić information content (AvgIpc) is 2.75. The molecule has 0 atom stereocenters. The fourth-order valence-corrected chi connectivity index (χ4v) is 2.50. The predicted octanol–water partition coefficient (Wildman–Crippen LogP) is 2.99. The van der Waals surface area contributed by atoms with E-state index < -0.39 is 0 Å². The van der Waals surface area contributed by atoms with E-state index in [0.29, 0.717) is 6.61 Å². The molecule has 0 radical (unpaired) electrons. The minimum atomic E-state index is 0.714. The summed E-state index contributed by atoms with van der Waals surface area (Å²) in [6, 6.07) is 8.37. The molecule has 2 aromatic rings. The molecule has 1 N–H and O–H groups in total. The summed E-state index contributed by atoms with van der Waals surface area (Å²) in [5, 5.41) is 7.95. The van der Waals surface area contributed by atoms with E-state index in [0.717, 1.165) is 34.6 Å². The molecule has 0 bridgehead atoms. The van der Waals surface area contributed by atoms with Gasteiger partial charge in [0.05, 0.1) is 18.0 Å². The molecule has 0 aliphatic carbocycles. The molecule has 0 fully saturated rings. The Hall–Kier alpha value is -1.17. The van der Waals surface area contributed by atoms with Crippen LogP contribution in [0.25, 0.3) is 5.69 Å². The molecule has 0 saturated heterocycles. The highest BCUT2D eigenvalue weighted by Crippen LogP contribution is 2.22. The number of aryl methyl sites for hydroxylation is 2. The predicted molar refractivity (Wildman–Crippen MR) is 84.3 cm³/mol. The van der Waals surface area contributed by atoms with Gasteiger partial charge in [0.2, 0.25) is 0 Å². The third kappa shape index (κ3) is 3.69. The zero-order chi connectivity index (χ0) is 14.5. The van der Waals surface area contributed by atoms with Gasteiger partial charge < -0.3 is 10.1 Å². The third-order valence-electron chi connectivity index (χ3n) is 3.08. The summed E-state index contributed by atoms with van der Waals surface area (Å²) in [7, 11) is 1.71. The zero-order valence-corrected chi connectivity index (χ0v) is 13.7. The summed E-state index contributed by atoms with van der Waals surface area (Å²) < 4.78 is 8.10. The second-order valence-corrected chi connectivity index (χ2v) is 5.70. The van der Waals surface area contributed by atoms with Gasteiger partial charge in [-0.1, -0.05) is 22.0 Å². The van der Waals surface area contributed by atoms with Crippen molar-refractivity contribution in [2.45, 2.75) is 20.4 Å². The minimum Gasteiger partial charge on any atom is -0.383 e. The lowest BCUT2D eigenvalue weighted by atomic mass is 10.1. The zero-order valence-electron chi connectivity index (χ0n) is 12.1. The van der Waals surface area contributed by atoms with Gasteiger partial charge in [0.25, 0.3) is 0 Å². The number of ether oxygens (including phenoxy) is 1. The van der Waals surface area contributed by atoms with Crippen LogP contribution in [-0.2, 0) is 11.3 Å². The molecule has 1 aromatic carbocycles. The van der Waals surface area contributed by atoms with E-state index in [1.807, 2.05) is 11.6 Å². The van der Waals surface area contributed by atoms with E-state index in [1.54, 1.807) is 7.11 Å². The Labute approximate surface area is 128 Å². The van der Waals surface area contributed by atoms with Crippen molar-refractivity contribution in [1.82, 2.24) is 15.1 Å². The minimum absolute atomic E-state index is 0.714. The van der Waals surface area contributed by atoms with Crippen LogP contribution in [0.1, 0.15) is 17.0 Å². The molecule has 108 valence electrons. The number of aromatic nitrogens is 2. The highest BCUT2D eigenvalue weighted by molar-refractivity contribution is 9.10. The summed E-state index contributed by atoms with van der Waals surface area (Å²) in [4.78, 5) is 0. The molecule has 2 rings (SSSR count). The second kappa shape index (κ2) is 7.02. The topological polar surface area (TPSA) is 39.1 Å². The molecule has 20 heavy (non-hydrogen) atoms. The van der Waals surface area contributed by atoms with Crippen LogP contribution in [0.4, 0.5) is 0 Å². The van der Waals surface area contributed by atoms with Crippen molar-refractivity contribution in [2.75, 3.05) is 20.3 Å². The molecule has 4 nitrogen and oxygen atoms in total. The third-order valence-corrected chi connectivity index (χ3v) is 3.58. The van der Waals surface area contributed by atoms with Crippen LogP contribution >= 0.6 is 15.9 Å². The number of hydrogen-bond acceptors (Lipinski definition) is 3. The number of hydrogen-bond donors (Lipinski definition) is 1. The Morgan fingerprint density at radius 3 is 2.75 bits per heavy atom. The van der Waals surface area contributed by atoms with E-state index in [4.69, 9.17) is 4.74 Å². The normalized spacial score (nSPS) is 11.0. The first-order valence-electron chi connectivity index (χ1n) is 6.63. The summed E-state index contributed by atoms with van der Waals surface area (Å²) in [5.41, 5.74) is 4.49. The molecule has 1 heterocycles. The standard InChI is InChI=1S/C15H20BrN3O/c1-11-8-12(2)19(18-11)15-9-14(16)5-4-13(15)10-17-6-7-20-3/h4-5,8-9,17H,6-7,10H2,1-3H3. The monoisotopic (exact) mass is 337 g/mol. The summed E-state index contributed by atoms with van der Waals surface area (Å²) >= 11 is 3.54. The molecule has 0 amide bonds. The Bertz CT molecular complexity index is 580. The number of nitrogens with one attached hydrogen (secondary N) is 1. The molecule has 0 saturated carbocycles. The van der Waals surface area contributed by atoms with Crippen LogP contribution in [0.2, 0.25) is 0 Å². The molecule has 0 spiro atoms. The van der Waals surface area contributed by atoms with Crippen molar-refractivity contribution in [1.29, 1.82) is 0 Å². The number of benzene rings is 1. The number of methoxy groups -OCH3 is 1. The Balaban J connectivity index is 2.26. The molecular formula is C15H20BrN3O. The van der Waals surface area contributed by atoms with Gasteiger partial charge in [-0.25, -0.2) is 4.68 Å². The molecule has 0 aliphatic rings. The van der Waals surface area contributed by atoms with Crippen molar-refractivity contribution in [2.24, 2.45) is 0 Å². The first-order valence-corrected chi connectivity index (χ1v) is 7.43. The van der Waals surface area contributed by atoms with Crippen molar-refractivity contribution in [3.63, 3.8) is 0 Å². The van der Waals surface area contributed by atoms with Gasteiger partial charge >= 0.3 is 0 Å². The van der Waals surface area contributed by atoms with E-state index >= 15 is 0 Å². The molecule has 0 aliphatic heterocycles. The summed E-state index contributed by atoms with van der Waals surface area (Å²) in [5.74, 6) is 0. The molecule has 5 heteroatoms. The van der Waals surface area contributed by atoms with Crippen LogP contribution < -0.4 is 5.32 Å². The number of rotatable bonds is 6. The maximum atomic E-state index is 5.05. The maximum absolute atomic E-state index is 5.05. The van der Waals surface area contributed by atoms with E-state index in [2.05, 4.69) is 57.5 Å². The van der Waals surface area contributed by atoms with Crippen LogP contribution in [0.3, 0.4) is 0 Å². The smallest absolute Gasteiger partial charge is 0.0704 e. The highest BCUT2D eigenvalue weighted by Gasteiger charge is 2.09. The maximum Gasteiger partial charge on any atom is 0.0704 e. The summed E-state index contributed by atoms with van der Waals surface area (Å²) in [6.07, 6.45) is 0. The van der Waals surface area contributed by atoms with E-state index in [-0.39, 0.29) is 0 Å². The van der Waals surface area contributed by atoms with Crippen LogP contribution in [0.15, 0.2) is 28.7 Å². The average molecular weight is 338 g/mol. The fraction of sp³-hybridized carbons (Fsp3) is 0.400. The molecular weight excluding hydrogens is 318 g/mol. The van der Waals surface area contributed by atoms with Crippen molar-refractivity contribution in [3.05, 3.63) is 45.7 Å². The van der Waals surface area contributed by atoms with Gasteiger partial charge in [0.1, 0.15) is 0 Å². The second-order valence-electron chi connectivity index (χ2n) is 4.78. The van der Waals surface area contributed by atoms with Crippen molar-refractivity contribution < 1.29 is 4.74 Å². The largest absolute Gasteiger partial charge is 0.383 e. The first kappa shape index (κ1) is 15.2. The van der Waals surface area contributed by atoms with Gasteiger partial charge in [0.15, 0.2) is 0 Å². The quantitative estimate of drug-likeness (QED) is 0.823. The van der Waals surface area contributed by atoms with Crippen LogP contribution in [0.5, 0.6) is 0 Å². The molecule has 1 aromatic heterocycles. The van der Waals surface area contributed by atoms with Gasteiger partial charge in [-0.05, 0) is 37.6 Å². The van der Waals surface area contributed by atoms with Crippen molar-refractivity contribution in [3.8, 4) is 5.69 Å². The lowest BCUT2D eigenvalue weighted by Crippen LogP contribution is -2.19. The number of halogens is 1. The van der Waals surface area contributed by atoms with Crippen LogP contribution in [0, 0.1) is 13.8 Å². The van der Waals surface area contributed by atoms with Gasteiger partial charge in [0, 0.05) is 30.4 Å². The highest BCUT2D eigenvalue weighted by atomic mass is 79.9. The SMILES string of the molecule is COCCNCc1ccc(Br)cc1-n1nc(C)cc1C. The first-order chi connectivity index (χ1) is 9.61. The van der Waals surface area contributed by atoms with E-state index in [9.17, 15) is 0 Å². The molecule has 0 unspecified atom stereocenters. The Morgan fingerprint density at radius 1 is 1.30 bits per heavy atom. The van der Waals surface area contributed by atoms with Gasteiger partial charge in [-0.3, -0.25) is 0 Å². The Kier molecular flexibility index (Phi) is 5.34. The van der Waals surface area contributed by atoms with E-state index in [1.165, 1.54) is 5.56 Å². The number of nitrogens with zero attached hydrogens (tertiary/aromatic N) is 2. The van der Waals surface area contributed by atoms with Gasteiger partial charge in [-0.2, -0.15) is 5.10 Å². The van der Waals surface area contributed by atoms with Crippen molar-refractivity contribution >= 4 is 15.9 Å². The van der Waals surface area contributed by atoms with Gasteiger partial charge in [-0.15, -0.1) is 0 Å². The van der Waals surface area contributed by atoms with Crippen LogP contribution in [-0.4, -0.2) is 30.0 Å². The fourth-order valence-electron chi connectivity index (χ4n) is 2.15. The summed E-state index contributed by atoms with van der Waals surface area (Å²) in [6.45, 7) is 6.43.